The lowest BCUT2D eigenvalue weighted by molar-refractivity contribution is 0.475. The monoisotopic (exact) mass is 297 g/mol. The van der Waals surface area contributed by atoms with Crippen LogP contribution in [0.15, 0.2) is 41.5 Å². The maximum atomic E-state index is 10.0. The Bertz CT molecular complexity index is 804. The normalized spacial score (nSPS) is 11.3. The highest BCUT2D eigenvalue weighted by molar-refractivity contribution is 7.15. The number of hydrogen-bond donors (Lipinski definition) is 2. The van der Waals surface area contributed by atoms with Gasteiger partial charge in [-0.1, -0.05) is 30.3 Å². The average molecular weight is 297 g/mol. The number of fused-ring (bicyclic) bond motifs is 1. The molecule has 4 nitrogen and oxygen atoms in total. The van der Waals surface area contributed by atoms with E-state index in [0.717, 1.165) is 21.6 Å². The minimum Gasteiger partial charge on any atom is -0.507 e. The average Bonchev–Trinajstić information content (AvgIpc) is 2.80. The molecule has 0 unspecified atom stereocenters. The fourth-order valence-corrected chi connectivity index (χ4v) is 2.86. The summed E-state index contributed by atoms with van der Waals surface area (Å²) in [6.07, 6.45) is 1.63. The molecule has 0 aliphatic carbocycles. The van der Waals surface area contributed by atoms with Crippen molar-refractivity contribution in [3.8, 4) is 5.75 Å². The third kappa shape index (κ3) is 2.73. The smallest absolute Gasteiger partial charge is 0.203 e. The van der Waals surface area contributed by atoms with Gasteiger partial charge in [-0.05, 0) is 30.7 Å². The number of benzene rings is 2. The van der Waals surface area contributed by atoms with E-state index in [-0.39, 0.29) is 5.75 Å². The zero-order valence-corrected chi connectivity index (χ0v) is 12.6. The van der Waals surface area contributed by atoms with Crippen molar-refractivity contribution in [3.63, 3.8) is 0 Å². The number of aromatic hydroxyl groups is 1. The molecule has 0 aliphatic heterocycles. The zero-order chi connectivity index (χ0) is 14.8. The summed E-state index contributed by atoms with van der Waals surface area (Å²) in [6, 6.07) is 11.5. The number of thiazole rings is 1. The van der Waals surface area contributed by atoms with Crippen LogP contribution in [0, 0.1) is 13.8 Å². The predicted molar refractivity (Wildman–Crippen MR) is 88.4 cm³/mol. The molecule has 0 atom stereocenters. The number of phenolic OH excluding ortho intramolecular Hbond substituents is 1. The van der Waals surface area contributed by atoms with E-state index in [1.807, 2.05) is 44.2 Å². The van der Waals surface area contributed by atoms with Crippen molar-refractivity contribution in [3.05, 3.63) is 52.5 Å². The third-order valence-electron chi connectivity index (χ3n) is 3.33. The van der Waals surface area contributed by atoms with E-state index >= 15 is 0 Å². The van der Waals surface area contributed by atoms with Gasteiger partial charge in [-0.3, -0.25) is 5.43 Å². The topological polar surface area (TPSA) is 57.5 Å². The highest BCUT2D eigenvalue weighted by Crippen LogP contribution is 2.26. The fourth-order valence-electron chi connectivity index (χ4n) is 2.09. The lowest BCUT2D eigenvalue weighted by Gasteiger charge is -2.04. The number of rotatable bonds is 3. The number of nitrogens with zero attached hydrogens (tertiary/aromatic N) is 2. The molecule has 1 heterocycles. The van der Waals surface area contributed by atoms with E-state index in [1.165, 1.54) is 4.88 Å². The van der Waals surface area contributed by atoms with E-state index in [1.54, 1.807) is 23.6 Å². The molecule has 0 bridgehead atoms. The Hall–Kier alpha value is -2.40. The summed E-state index contributed by atoms with van der Waals surface area (Å²) < 4.78 is 0. The van der Waals surface area contributed by atoms with E-state index in [4.69, 9.17) is 0 Å². The molecule has 0 saturated carbocycles. The Balaban J connectivity index is 1.90. The second kappa shape index (κ2) is 5.54. The van der Waals surface area contributed by atoms with Crippen LogP contribution in [0.2, 0.25) is 0 Å². The zero-order valence-electron chi connectivity index (χ0n) is 11.8. The van der Waals surface area contributed by atoms with Gasteiger partial charge in [0.15, 0.2) is 0 Å². The van der Waals surface area contributed by atoms with Crippen LogP contribution in [0.25, 0.3) is 10.8 Å². The van der Waals surface area contributed by atoms with Crippen LogP contribution in [0.5, 0.6) is 5.75 Å². The molecule has 0 fully saturated rings. The van der Waals surface area contributed by atoms with E-state index in [2.05, 4.69) is 15.5 Å². The lowest BCUT2D eigenvalue weighted by atomic mass is 10.0. The molecule has 5 heteroatoms. The molecule has 0 amide bonds. The Kier molecular flexibility index (Phi) is 3.58. The van der Waals surface area contributed by atoms with E-state index in [9.17, 15) is 5.11 Å². The predicted octanol–water partition coefficient (Wildman–Crippen LogP) is 4.06. The van der Waals surface area contributed by atoms with Crippen molar-refractivity contribution in [2.24, 2.45) is 5.10 Å². The second-order valence-corrected chi connectivity index (χ2v) is 5.95. The molecule has 2 aromatic carbocycles. The molecule has 106 valence electrons. The molecule has 0 saturated heterocycles. The first-order valence-corrected chi connectivity index (χ1v) is 7.40. The van der Waals surface area contributed by atoms with Gasteiger partial charge in [0.05, 0.1) is 11.9 Å². The number of anilines is 1. The van der Waals surface area contributed by atoms with Crippen molar-refractivity contribution in [1.82, 2.24) is 4.98 Å². The quantitative estimate of drug-likeness (QED) is 0.566. The van der Waals surface area contributed by atoms with Gasteiger partial charge in [-0.2, -0.15) is 5.10 Å². The Labute approximate surface area is 126 Å². The molecule has 3 aromatic rings. The Morgan fingerprint density at radius 1 is 1.19 bits per heavy atom. The highest BCUT2D eigenvalue weighted by atomic mass is 32.1. The van der Waals surface area contributed by atoms with Gasteiger partial charge in [-0.25, -0.2) is 4.98 Å². The molecule has 1 aromatic heterocycles. The first-order valence-electron chi connectivity index (χ1n) is 6.59. The molecular formula is C16H15N3OS. The number of nitrogens with one attached hydrogen (secondary N) is 1. The minimum absolute atomic E-state index is 0.214. The van der Waals surface area contributed by atoms with Gasteiger partial charge in [-0.15, -0.1) is 11.3 Å². The van der Waals surface area contributed by atoms with Gasteiger partial charge < -0.3 is 5.11 Å². The van der Waals surface area contributed by atoms with Crippen LogP contribution in [0.3, 0.4) is 0 Å². The second-order valence-electron chi connectivity index (χ2n) is 4.75. The lowest BCUT2D eigenvalue weighted by Crippen LogP contribution is -1.92. The number of aryl methyl sites for hydroxylation is 2. The summed E-state index contributed by atoms with van der Waals surface area (Å²) in [4.78, 5) is 5.52. The Morgan fingerprint density at radius 2 is 2.00 bits per heavy atom. The summed E-state index contributed by atoms with van der Waals surface area (Å²) in [5.41, 5.74) is 4.62. The van der Waals surface area contributed by atoms with Crippen LogP contribution in [0.1, 0.15) is 16.1 Å². The first-order chi connectivity index (χ1) is 10.1. The van der Waals surface area contributed by atoms with E-state index < -0.39 is 0 Å². The van der Waals surface area contributed by atoms with Gasteiger partial charge >= 0.3 is 0 Å². The van der Waals surface area contributed by atoms with Crippen molar-refractivity contribution < 1.29 is 5.11 Å². The molecule has 0 aliphatic rings. The van der Waals surface area contributed by atoms with E-state index in [0.29, 0.717) is 5.56 Å². The molecule has 2 N–H and O–H groups in total. The molecule has 0 radical (unpaired) electrons. The van der Waals surface area contributed by atoms with Crippen molar-refractivity contribution >= 4 is 33.5 Å². The van der Waals surface area contributed by atoms with Gasteiger partial charge in [0, 0.05) is 10.4 Å². The van der Waals surface area contributed by atoms with Crippen LogP contribution < -0.4 is 5.43 Å². The van der Waals surface area contributed by atoms with Gasteiger partial charge in [0.25, 0.3) is 0 Å². The molecular weight excluding hydrogens is 282 g/mol. The highest BCUT2D eigenvalue weighted by Gasteiger charge is 2.05. The van der Waals surface area contributed by atoms with Crippen molar-refractivity contribution in [1.29, 1.82) is 0 Å². The van der Waals surface area contributed by atoms with Gasteiger partial charge in [0.1, 0.15) is 5.75 Å². The van der Waals surface area contributed by atoms with Crippen LogP contribution in [-0.2, 0) is 0 Å². The van der Waals surface area contributed by atoms with Gasteiger partial charge in [0.2, 0.25) is 5.13 Å². The maximum absolute atomic E-state index is 10.0. The standard InChI is InChI=1S/C16H15N3OS/c1-10-11(2)21-16(18-10)19-17-9-14-13-6-4-3-5-12(13)7-8-15(14)20/h3-9,20H,1-2H3,(H,18,19)/b17-9-. The molecule has 3 rings (SSSR count). The number of hydrazone groups is 1. The summed E-state index contributed by atoms with van der Waals surface area (Å²) in [6.45, 7) is 4.00. The number of hydrogen-bond acceptors (Lipinski definition) is 5. The fraction of sp³-hybridized carbons (Fsp3) is 0.125. The maximum Gasteiger partial charge on any atom is 0.203 e. The summed E-state index contributed by atoms with van der Waals surface area (Å²) >= 11 is 1.56. The van der Waals surface area contributed by atoms with Crippen molar-refractivity contribution in [2.75, 3.05) is 5.43 Å². The molecule has 21 heavy (non-hydrogen) atoms. The summed E-state index contributed by atoms with van der Waals surface area (Å²) in [5, 5.41) is 17.0. The molecule has 0 spiro atoms. The van der Waals surface area contributed by atoms with Crippen LogP contribution in [-0.4, -0.2) is 16.3 Å². The largest absolute Gasteiger partial charge is 0.507 e. The number of aromatic nitrogens is 1. The van der Waals surface area contributed by atoms with Crippen LogP contribution >= 0.6 is 11.3 Å². The summed E-state index contributed by atoms with van der Waals surface area (Å²) in [5.74, 6) is 0.214. The minimum atomic E-state index is 0.214. The Morgan fingerprint density at radius 3 is 2.76 bits per heavy atom. The number of phenols is 1. The van der Waals surface area contributed by atoms with Crippen LogP contribution in [0.4, 0.5) is 5.13 Å². The SMILES string of the molecule is Cc1nc(N/N=C\c2c(O)ccc3ccccc23)sc1C. The summed E-state index contributed by atoms with van der Waals surface area (Å²) in [7, 11) is 0. The van der Waals surface area contributed by atoms with Crippen molar-refractivity contribution in [2.45, 2.75) is 13.8 Å². The third-order valence-corrected chi connectivity index (χ3v) is 4.31. The first kappa shape index (κ1) is 13.6.